The van der Waals surface area contributed by atoms with E-state index < -0.39 is 0 Å². The summed E-state index contributed by atoms with van der Waals surface area (Å²) in [7, 11) is 1.62. The zero-order valence-electron chi connectivity index (χ0n) is 12.9. The van der Waals surface area contributed by atoms with Crippen LogP contribution in [0.5, 0.6) is 11.5 Å². The molecule has 2 aromatic rings. The Hall–Kier alpha value is -2.27. The first-order chi connectivity index (χ1) is 11.1. The van der Waals surface area contributed by atoms with Crippen LogP contribution in [0.25, 0.3) is 0 Å². The van der Waals surface area contributed by atoms with Crippen molar-refractivity contribution in [1.82, 2.24) is 10.3 Å². The van der Waals surface area contributed by atoms with Gasteiger partial charge in [0.05, 0.1) is 17.7 Å². The van der Waals surface area contributed by atoms with Crippen LogP contribution >= 0.6 is 11.6 Å². The standard InChI is InChI=1S/C17H17ClN2O3/c1-10-5-11-6-15(22-2)12(7-16(11)23-10)8-20-17(21)13-3-4-19-9-14(13)18/h3-4,6-7,9-10H,5,8H2,1-2H3,(H,20,21)/t10-/m0/s1. The zero-order valence-corrected chi connectivity index (χ0v) is 13.7. The molecule has 5 nitrogen and oxygen atoms in total. The lowest BCUT2D eigenvalue weighted by atomic mass is 10.1. The Kier molecular flexibility index (Phi) is 4.39. The van der Waals surface area contributed by atoms with Crippen molar-refractivity contribution in [2.45, 2.75) is 26.0 Å². The van der Waals surface area contributed by atoms with Gasteiger partial charge in [0.15, 0.2) is 0 Å². The minimum atomic E-state index is -0.255. The van der Waals surface area contributed by atoms with Crippen molar-refractivity contribution in [3.8, 4) is 11.5 Å². The van der Waals surface area contributed by atoms with E-state index in [1.54, 1.807) is 13.2 Å². The number of hydrogen-bond acceptors (Lipinski definition) is 4. The molecule has 1 aromatic carbocycles. The molecule has 1 aromatic heterocycles. The first kappa shape index (κ1) is 15.6. The lowest BCUT2D eigenvalue weighted by Gasteiger charge is -2.12. The van der Waals surface area contributed by atoms with Crippen LogP contribution in [0.1, 0.15) is 28.4 Å². The fourth-order valence-electron chi connectivity index (χ4n) is 2.64. The maximum atomic E-state index is 12.2. The Bertz CT molecular complexity index is 749. The first-order valence-corrected chi connectivity index (χ1v) is 7.70. The van der Waals surface area contributed by atoms with E-state index >= 15 is 0 Å². The van der Waals surface area contributed by atoms with Gasteiger partial charge in [-0.1, -0.05) is 11.6 Å². The van der Waals surface area contributed by atoms with Gasteiger partial charge in [0.2, 0.25) is 0 Å². The average molecular weight is 333 g/mol. The number of pyridine rings is 1. The molecule has 3 rings (SSSR count). The summed E-state index contributed by atoms with van der Waals surface area (Å²) < 4.78 is 11.2. The minimum absolute atomic E-state index is 0.162. The van der Waals surface area contributed by atoms with Crippen LogP contribution in [-0.4, -0.2) is 24.1 Å². The highest BCUT2D eigenvalue weighted by Crippen LogP contribution is 2.34. The van der Waals surface area contributed by atoms with Crippen molar-refractivity contribution in [3.05, 3.63) is 52.3 Å². The van der Waals surface area contributed by atoms with E-state index in [0.717, 1.165) is 29.0 Å². The molecule has 0 bridgehead atoms. The lowest BCUT2D eigenvalue weighted by Crippen LogP contribution is -2.23. The molecule has 0 fully saturated rings. The number of amides is 1. The maximum absolute atomic E-state index is 12.2. The smallest absolute Gasteiger partial charge is 0.253 e. The highest BCUT2D eigenvalue weighted by molar-refractivity contribution is 6.33. The molecule has 0 spiro atoms. The number of hydrogen-bond donors (Lipinski definition) is 1. The van der Waals surface area contributed by atoms with Gasteiger partial charge in [-0.25, -0.2) is 0 Å². The van der Waals surface area contributed by atoms with E-state index in [2.05, 4.69) is 10.3 Å². The monoisotopic (exact) mass is 332 g/mol. The molecule has 1 aliphatic heterocycles. The summed E-state index contributed by atoms with van der Waals surface area (Å²) in [5.41, 5.74) is 2.38. The van der Waals surface area contributed by atoms with E-state index in [9.17, 15) is 4.79 Å². The molecule has 1 aliphatic rings. The molecular formula is C17H17ClN2O3. The first-order valence-electron chi connectivity index (χ1n) is 7.32. The molecular weight excluding hydrogens is 316 g/mol. The molecule has 6 heteroatoms. The van der Waals surface area contributed by atoms with Crippen molar-refractivity contribution in [2.75, 3.05) is 7.11 Å². The normalized spacial score (nSPS) is 15.7. The van der Waals surface area contributed by atoms with E-state index in [1.165, 1.54) is 12.4 Å². The number of carbonyl (C=O) groups is 1. The van der Waals surface area contributed by atoms with E-state index in [0.29, 0.717) is 17.1 Å². The van der Waals surface area contributed by atoms with Crippen LogP contribution in [0.15, 0.2) is 30.6 Å². The van der Waals surface area contributed by atoms with Crippen LogP contribution in [0.2, 0.25) is 5.02 Å². The quantitative estimate of drug-likeness (QED) is 0.935. The summed E-state index contributed by atoms with van der Waals surface area (Å²) in [6.45, 7) is 2.35. The number of benzene rings is 1. The molecule has 0 radical (unpaired) electrons. The van der Waals surface area contributed by atoms with Crippen LogP contribution < -0.4 is 14.8 Å². The van der Waals surface area contributed by atoms with Crippen molar-refractivity contribution in [2.24, 2.45) is 0 Å². The second-order valence-corrected chi connectivity index (χ2v) is 5.85. The number of nitrogens with zero attached hydrogens (tertiary/aromatic N) is 1. The summed E-state index contributed by atoms with van der Waals surface area (Å²) in [6, 6.07) is 5.48. The second kappa shape index (κ2) is 6.46. The number of ether oxygens (including phenoxy) is 2. The highest BCUT2D eigenvalue weighted by Gasteiger charge is 2.22. The third-order valence-corrected chi connectivity index (χ3v) is 4.06. The number of fused-ring (bicyclic) bond motifs is 1. The van der Waals surface area contributed by atoms with Crippen molar-refractivity contribution < 1.29 is 14.3 Å². The lowest BCUT2D eigenvalue weighted by molar-refractivity contribution is 0.0950. The molecule has 1 atom stereocenters. The van der Waals surface area contributed by atoms with Crippen molar-refractivity contribution in [3.63, 3.8) is 0 Å². The number of aromatic nitrogens is 1. The van der Waals surface area contributed by atoms with Gasteiger partial charge in [-0.05, 0) is 25.1 Å². The van der Waals surface area contributed by atoms with Gasteiger partial charge in [-0.3, -0.25) is 9.78 Å². The fourth-order valence-corrected chi connectivity index (χ4v) is 2.84. The highest BCUT2D eigenvalue weighted by atomic mass is 35.5. The van der Waals surface area contributed by atoms with Gasteiger partial charge in [-0.15, -0.1) is 0 Å². The number of methoxy groups -OCH3 is 1. The predicted molar refractivity (Wildman–Crippen MR) is 87.2 cm³/mol. The number of halogens is 1. The minimum Gasteiger partial charge on any atom is -0.496 e. The van der Waals surface area contributed by atoms with Crippen LogP contribution in [-0.2, 0) is 13.0 Å². The topological polar surface area (TPSA) is 60.5 Å². The zero-order chi connectivity index (χ0) is 16.4. The van der Waals surface area contributed by atoms with Crippen molar-refractivity contribution >= 4 is 17.5 Å². The van der Waals surface area contributed by atoms with Gasteiger partial charge in [0.25, 0.3) is 5.91 Å². The third kappa shape index (κ3) is 3.24. The Balaban J connectivity index is 1.77. The second-order valence-electron chi connectivity index (χ2n) is 5.44. The predicted octanol–water partition coefficient (Wildman–Crippen LogP) is 3.00. The summed E-state index contributed by atoms with van der Waals surface area (Å²) in [4.78, 5) is 16.1. The molecule has 1 amide bonds. The summed E-state index contributed by atoms with van der Waals surface area (Å²) in [6.07, 6.45) is 4.01. The van der Waals surface area contributed by atoms with Crippen LogP contribution in [0.4, 0.5) is 0 Å². The molecule has 120 valence electrons. The number of nitrogens with one attached hydrogen (secondary N) is 1. The van der Waals surface area contributed by atoms with Crippen LogP contribution in [0.3, 0.4) is 0 Å². The molecule has 0 saturated carbocycles. The molecule has 1 N–H and O–H groups in total. The van der Waals surface area contributed by atoms with E-state index in [1.807, 2.05) is 19.1 Å². The maximum Gasteiger partial charge on any atom is 0.253 e. The summed E-state index contributed by atoms with van der Waals surface area (Å²) >= 11 is 5.98. The fraction of sp³-hybridized carbons (Fsp3) is 0.294. The van der Waals surface area contributed by atoms with E-state index in [-0.39, 0.29) is 12.0 Å². The Labute approximate surface area is 139 Å². The Morgan fingerprint density at radius 3 is 3.09 bits per heavy atom. The molecule has 23 heavy (non-hydrogen) atoms. The van der Waals surface area contributed by atoms with Gasteiger partial charge < -0.3 is 14.8 Å². The average Bonchev–Trinajstić information content (AvgIpc) is 2.90. The summed E-state index contributed by atoms with van der Waals surface area (Å²) in [5.74, 6) is 1.33. The van der Waals surface area contributed by atoms with Crippen molar-refractivity contribution in [1.29, 1.82) is 0 Å². The summed E-state index contributed by atoms with van der Waals surface area (Å²) in [5, 5.41) is 3.17. The Morgan fingerprint density at radius 2 is 2.35 bits per heavy atom. The number of carbonyl (C=O) groups excluding carboxylic acids is 1. The van der Waals surface area contributed by atoms with Crippen LogP contribution in [0, 0.1) is 0 Å². The van der Waals surface area contributed by atoms with E-state index in [4.69, 9.17) is 21.1 Å². The van der Waals surface area contributed by atoms with Gasteiger partial charge in [0, 0.05) is 36.5 Å². The number of rotatable bonds is 4. The molecule has 0 unspecified atom stereocenters. The van der Waals surface area contributed by atoms with Gasteiger partial charge in [-0.2, -0.15) is 0 Å². The molecule has 2 heterocycles. The largest absolute Gasteiger partial charge is 0.496 e. The SMILES string of the molecule is COc1cc2c(cc1CNC(=O)c1ccncc1Cl)O[C@@H](C)C2. The third-order valence-electron chi connectivity index (χ3n) is 3.76. The Morgan fingerprint density at radius 1 is 1.52 bits per heavy atom. The molecule has 0 saturated heterocycles. The molecule has 0 aliphatic carbocycles. The van der Waals surface area contributed by atoms with Gasteiger partial charge in [0.1, 0.15) is 17.6 Å². The van der Waals surface area contributed by atoms with Gasteiger partial charge >= 0.3 is 0 Å².